The molecule has 0 unspecified atom stereocenters. The number of rotatable bonds is 5. The molecule has 2 aliphatic heterocycles. The third-order valence-corrected chi connectivity index (χ3v) is 9.10. The summed E-state index contributed by atoms with van der Waals surface area (Å²) in [5.41, 5.74) is 1.27. The van der Waals surface area contributed by atoms with Crippen molar-refractivity contribution in [3.63, 3.8) is 0 Å². The number of carbonyl (C=O) groups is 1. The summed E-state index contributed by atoms with van der Waals surface area (Å²) >= 11 is 0. The Kier molecular flexibility index (Phi) is 6.80. The Morgan fingerprint density at radius 1 is 0.867 bits per heavy atom. The van der Waals surface area contributed by atoms with Crippen molar-refractivity contribution in [2.45, 2.75) is 68.7 Å². The van der Waals surface area contributed by atoms with Crippen molar-refractivity contribution in [1.82, 2.24) is 14.1 Å². The Labute approximate surface area is 181 Å². The minimum atomic E-state index is -3.48. The van der Waals surface area contributed by atoms with Gasteiger partial charge < -0.3 is 4.90 Å². The van der Waals surface area contributed by atoms with Crippen molar-refractivity contribution in [3.8, 4) is 0 Å². The molecule has 2 heterocycles. The topological polar surface area (TPSA) is 60.9 Å². The lowest BCUT2D eigenvalue weighted by Crippen LogP contribution is -2.55. The van der Waals surface area contributed by atoms with Crippen LogP contribution in [0, 0.1) is 0 Å². The third kappa shape index (κ3) is 4.58. The van der Waals surface area contributed by atoms with E-state index in [0.717, 1.165) is 25.9 Å². The van der Waals surface area contributed by atoms with Gasteiger partial charge in [-0.3, -0.25) is 9.69 Å². The van der Waals surface area contributed by atoms with Gasteiger partial charge in [0.05, 0.1) is 10.9 Å². The second kappa shape index (κ2) is 9.37. The number of hydrogen-bond donors (Lipinski definition) is 0. The predicted octanol–water partition coefficient (Wildman–Crippen LogP) is 3.05. The molecule has 30 heavy (non-hydrogen) atoms. The normalized spacial score (nSPS) is 23.6. The molecule has 3 aliphatic rings. The highest BCUT2D eigenvalue weighted by Gasteiger charge is 2.33. The van der Waals surface area contributed by atoms with Crippen LogP contribution in [-0.2, 0) is 14.8 Å². The van der Waals surface area contributed by atoms with Crippen LogP contribution in [-0.4, -0.2) is 73.7 Å². The van der Waals surface area contributed by atoms with Crippen molar-refractivity contribution in [3.05, 3.63) is 29.8 Å². The number of carbonyl (C=O) groups excluding carboxylic acids is 1. The van der Waals surface area contributed by atoms with Gasteiger partial charge in [-0.25, -0.2) is 8.42 Å². The first-order valence-electron chi connectivity index (χ1n) is 11.6. The van der Waals surface area contributed by atoms with Gasteiger partial charge in [0.15, 0.2) is 0 Å². The summed E-state index contributed by atoms with van der Waals surface area (Å²) < 4.78 is 27.8. The molecule has 0 N–H and O–H groups in total. The largest absolute Gasteiger partial charge is 0.341 e. The van der Waals surface area contributed by atoms with Crippen LogP contribution in [0.15, 0.2) is 29.2 Å². The van der Waals surface area contributed by atoms with Crippen molar-refractivity contribution in [2.75, 3.05) is 39.3 Å². The minimum Gasteiger partial charge on any atom is -0.341 e. The molecule has 0 bridgehead atoms. The Morgan fingerprint density at radius 3 is 2.07 bits per heavy atom. The maximum absolute atomic E-state index is 13.1. The molecule has 7 heteroatoms. The van der Waals surface area contributed by atoms with Crippen LogP contribution in [0.1, 0.15) is 63.4 Å². The molecule has 1 aromatic rings. The number of sulfonamides is 1. The first-order chi connectivity index (χ1) is 14.5. The van der Waals surface area contributed by atoms with E-state index in [2.05, 4.69) is 4.90 Å². The monoisotopic (exact) mass is 433 g/mol. The van der Waals surface area contributed by atoms with Crippen LogP contribution in [0.2, 0.25) is 0 Å². The Balaban J connectivity index is 1.35. The SMILES string of the molecule is C[C@@H](C(=O)N1CCCC1)N1CCN(S(=O)(=O)c2ccc(C3CCCCC3)cc2)CC1. The molecule has 1 saturated carbocycles. The van der Waals surface area contributed by atoms with E-state index in [0.29, 0.717) is 37.0 Å². The van der Waals surface area contributed by atoms with E-state index in [1.807, 2.05) is 24.0 Å². The van der Waals surface area contributed by atoms with E-state index in [4.69, 9.17) is 0 Å². The summed E-state index contributed by atoms with van der Waals surface area (Å²) in [5.74, 6) is 0.760. The minimum absolute atomic E-state index is 0.178. The Hall–Kier alpha value is -1.44. The average Bonchev–Trinajstić information content (AvgIpc) is 3.34. The summed E-state index contributed by atoms with van der Waals surface area (Å²) in [7, 11) is -3.48. The molecule has 2 saturated heterocycles. The lowest BCUT2D eigenvalue weighted by atomic mass is 9.84. The first-order valence-corrected chi connectivity index (χ1v) is 13.0. The van der Waals surface area contributed by atoms with Crippen LogP contribution in [0.3, 0.4) is 0 Å². The van der Waals surface area contributed by atoms with Crippen molar-refractivity contribution in [2.24, 2.45) is 0 Å². The summed E-state index contributed by atoms with van der Waals surface area (Å²) in [6.45, 7) is 5.73. The molecule has 1 atom stereocenters. The third-order valence-electron chi connectivity index (χ3n) is 7.19. The molecular formula is C23H35N3O3S. The second-order valence-corrected chi connectivity index (χ2v) is 11.0. The van der Waals surface area contributed by atoms with Crippen LogP contribution in [0.5, 0.6) is 0 Å². The van der Waals surface area contributed by atoms with E-state index >= 15 is 0 Å². The van der Waals surface area contributed by atoms with Crippen molar-refractivity contribution >= 4 is 15.9 Å². The Morgan fingerprint density at radius 2 is 1.47 bits per heavy atom. The molecule has 0 aromatic heterocycles. The standard InChI is InChI=1S/C23H35N3O3S/c1-19(23(27)25-13-5-6-14-25)24-15-17-26(18-16-24)30(28,29)22-11-9-21(10-12-22)20-7-3-2-4-8-20/h9-12,19-20H,2-8,13-18H2,1H3/t19-/m0/s1. The maximum atomic E-state index is 13.1. The number of benzene rings is 1. The zero-order valence-electron chi connectivity index (χ0n) is 18.1. The van der Waals surface area contributed by atoms with E-state index < -0.39 is 10.0 Å². The van der Waals surface area contributed by atoms with Crippen molar-refractivity contribution in [1.29, 1.82) is 0 Å². The molecule has 1 aliphatic carbocycles. The van der Waals surface area contributed by atoms with Gasteiger partial charge in [-0.05, 0) is 56.2 Å². The number of amides is 1. The molecule has 166 valence electrons. The van der Waals surface area contributed by atoms with E-state index in [-0.39, 0.29) is 11.9 Å². The van der Waals surface area contributed by atoms with Gasteiger partial charge in [-0.2, -0.15) is 4.31 Å². The van der Waals surface area contributed by atoms with Gasteiger partial charge >= 0.3 is 0 Å². The Bertz CT molecular complexity index is 820. The van der Waals surface area contributed by atoms with E-state index in [9.17, 15) is 13.2 Å². The fraction of sp³-hybridized carbons (Fsp3) is 0.696. The van der Waals surface area contributed by atoms with E-state index in [1.54, 1.807) is 16.4 Å². The van der Waals surface area contributed by atoms with Crippen LogP contribution < -0.4 is 0 Å². The molecule has 1 amide bonds. The lowest BCUT2D eigenvalue weighted by molar-refractivity contribution is -0.135. The van der Waals surface area contributed by atoms with E-state index in [1.165, 1.54) is 37.7 Å². The highest BCUT2D eigenvalue weighted by atomic mass is 32.2. The molecular weight excluding hydrogens is 398 g/mol. The summed E-state index contributed by atoms with van der Waals surface area (Å²) in [6.07, 6.45) is 8.46. The number of likely N-dealkylation sites (tertiary alicyclic amines) is 1. The van der Waals surface area contributed by atoms with Gasteiger partial charge in [-0.15, -0.1) is 0 Å². The zero-order valence-corrected chi connectivity index (χ0v) is 18.9. The molecule has 1 aromatic carbocycles. The smallest absolute Gasteiger partial charge is 0.243 e. The summed E-state index contributed by atoms with van der Waals surface area (Å²) in [4.78, 5) is 17.1. The van der Waals surface area contributed by atoms with Gasteiger partial charge in [-0.1, -0.05) is 31.4 Å². The molecule has 3 fully saturated rings. The molecule has 0 radical (unpaired) electrons. The zero-order chi connectivity index (χ0) is 21.1. The highest BCUT2D eigenvalue weighted by Crippen LogP contribution is 2.33. The fourth-order valence-corrected chi connectivity index (χ4v) is 6.61. The van der Waals surface area contributed by atoms with Crippen LogP contribution in [0.25, 0.3) is 0 Å². The van der Waals surface area contributed by atoms with Crippen LogP contribution in [0.4, 0.5) is 0 Å². The second-order valence-electron chi connectivity index (χ2n) is 9.05. The number of hydrogen-bond acceptors (Lipinski definition) is 4. The predicted molar refractivity (Wildman–Crippen MR) is 118 cm³/mol. The van der Waals surface area contributed by atoms with Crippen LogP contribution >= 0.6 is 0 Å². The van der Waals surface area contributed by atoms with Crippen molar-refractivity contribution < 1.29 is 13.2 Å². The molecule has 0 spiro atoms. The van der Waals surface area contributed by atoms with Gasteiger partial charge in [0, 0.05) is 39.3 Å². The highest BCUT2D eigenvalue weighted by molar-refractivity contribution is 7.89. The number of piperazine rings is 1. The quantitative estimate of drug-likeness (QED) is 0.716. The molecule has 6 nitrogen and oxygen atoms in total. The average molecular weight is 434 g/mol. The first kappa shape index (κ1) is 21.8. The van der Waals surface area contributed by atoms with Gasteiger partial charge in [0.2, 0.25) is 15.9 Å². The lowest BCUT2D eigenvalue weighted by Gasteiger charge is -2.37. The number of nitrogens with zero attached hydrogens (tertiary/aromatic N) is 3. The molecule has 4 rings (SSSR count). The summed E-state index contributed by atoms with van der Waals surface area (Å²) in [6, 6.07) is 7.41. The maximum Gasteiger partial charge on any atom is 0.243 e. The van der Waals surface area contributed by atoms with Gasteiger partial charge in [0.25, 0.3) is 0 Å². The summed E-state index contributed by atoms with van der Waals surface area (Å²) in [5, 5.41) is 0. The fourth-order valence-electron chi connectivity index (χ4n) is 5.19. The van der Waals surface area contributed by atoms with Gasteiger partial charge in [0.1, 0.15) is 0 Å².